The Morgan fingerprint density at radius 3 is 2.69 bits per heavy atom. The highest BCUT2D eigenvalue weighted by Crippen LogP contribution is 2.27. The Hall–Kier alpha value is -0.770. The minimum Gasteiger partial charge on any atom is -0.394 e. The van der Waals surface area contributed by atoms with E-state index in [1.165, 1.54) is 0 Å². The van der Waals surface area contributed by atoms with E-state index in [2.05, 4.69) is 5.32 Å². The standard InChI is InChI=1S/C12H19ClN2O/c1-9(8-16)15(3)12-5-4-10(7-14-2)6-11(12)13/h4-6,9,14,16H,7-8H2,1-3H3. The lowest BCUT2D eigenvalue weighted by Crippen LogP contribution is -2.32. The summed E-state index contributed by atoms with van der Waals surface area (Å²) >= 11 is 6.21. The van der Waals surface area contributed by atoms with Crippen molar-refractivity contribution in [2.75, 3.05) is 25.6 Å². The lowest BCUT2D eigenvalue weighted by atomic mass is 10.1. The number of nitrogens with one attached hydrogen (secondary N) is 1. The molecular formula is C12H19ClN2O. The molecule has 1 atom stereocenters. The molecule has 0 saturated heterocycles. The molecule has 3 nitrogen and oxygen atoms in total. The fraction of sp³-hybridized carbons (Fsp3) is 0.500. The van der Waals surface area contributed by atoms with Crippen LogP contribution in [0, 0.1) is 0 Å². The van der Waals surface area contributed by atoms with Gasteiger partial charge in [0.05, 0.1) is 17.3 Å². The van der Waals surface area contributed by atoms with E-state index in [9.17, 15) is 0 Å². The highest BCUT2D eigenvalue weighted by Gasteiger charge is 2.12. The molecule has 1 aromatic rings. The van der Waals surface area contributed by atoms with Crippen LogP contribution in [-0.4, -0.2) is 31.9 Å². The van der Waals surface area contributed by atoms with Gasteiger partial charge in [-0.3, -0.25) is 0 Å². The van der Waals surface area contributed by atoms with Gasteiger partial charge in [0, 0.05) is 19.6 Å². The van der Waals surface area contributed by atoms with Gasteiger partial charge in [-0.25, -0.2) is 0 Å². The van der Waals surface area contributed by atoms with Gasteiger partial charge >= 0.3 is 0 Å². The number of rotatable bonds is 5. The molecule has 0 radical (unpaired) electrons. The Labute approximate surface area is 102 Å². The molecule has 0 fully saturated rings. The van der Waals surface area contributed by atoms with Gasteiger partial charge in [-0.1, -0.05) is 17.7 Å². The summed E-state index contributed by atoms with van der Waals surface area (Å²) < 4.78 is 0. The molecule has 0 aliphatic rings. The van der Waals surface area contributed by atoms with Gasteiger partial charge in [-0.15, -0.1) is 0 Å². The zero-order valence-corrected chi connectivity index (χ0v) is 10.8. The number of aliphatic hydroxyl groups is 1. The molecule has 1 unspecified atom stereocenters. The maximum Gasteiger partial charge on any atom is 0.0642 e. The van der Waals surface area contributed by atoms with Crippen LogP contribution < -0.4 is 10.2 Å². The second-order valence-electron chi connectivity index (χ2n) is 3.96. The van der Waals surface area contributed by atoms with Crippen molar-refractivity contribution in [1.29, 1.82) is 0 Å². The zero-order valence-electron chi connectivity index (χ0n) is 10.00. The Morgan fingerprint density at radius 2 is 2.19 bits per heavy atom. The maximum atomic E-state index is 9.10. The monoisotopic (exact) mass is 242 g/mol. The summed E-state index contributed by atoms with van der Waals surface area (Å²) in [5, 5.41) is 12.9. The van der Waals surface area contributed by atoms with Crippen LogP contribution in [0.25, 0.3) is 0 Å². The van der Waals surface area contributed by atoms with Crippen LogP contribution >= 0.6 is 11.6 Å². The molecular weight excluding hydrogens is 224 g/mol. The molecule has 0 aliphatic carbocycles. The average molecular weight is 243 g/mol. The van der Waals surface area contributed by atoms with Gasteiger partial charge in [-0.2, -0.15) is 0 Å². The first-order valence-corrected chi connectivity index (χ1v) is 5.74. The molecule has 0 spiro atoms. The summed E-state index contributed by atoms with van der Waals surface area (Å²) in [5.74, 6) is 0. The first-order chi connectivity index (χ1) is 7.60. The van der Waals surface area contributed by atoms with Gasteiger partial charge in [0.1, 0.15) is 0 Å². The van der Waals surface area contributed by atoms with Gasteiger partial charge < -0.3 is 15.3 Å². The number of anilines is 1. The van der Waals surface area contributed by atoms with Gasteiger partial charge in [0.25, 0.3) is 0 Å². The summed E-state index contributed by atoms with van der Waals surface area (Å²) in [7, 11) is 3.83. The quantitative estimate of drug-likeness (QED) is 0.828. The molecule has 4 heteroatoms. The lowest BCUT2D eigenvalue weighted by Gasteiger charge is -2.26. The van der Waals surface area contributed by atoms with Crippen LogP contribution in [0.4, 0.5) is 5.69 Å². The molecule has 0 aliphatic heterocycles. The molecule has 2 N–H and O–H groups in total. The third-order valence-corrected chi connectivity index (χ3v) is 3.00. The topological polar surface area (TPSA) is 35.5 Å². The lowest BCUT2D eigenvalue weighted by molar-refractivity contribution is 0.270. The second-order valence-corrected chi connectivity index (χ2v) is 4.37. The third kappa shape index (κ3) is 3.11. The molecule has 1 aromatic carbocycles. The van der Waals surface area contributed by atoms with Crippen LogP contribution in [-0.2, 0) is 6.54 Å². The van der Waals surface area contributed by atoms with Crippen molar-refractivity contribution in [3.05, 3.63) is 28.8 Å². The van der Waals surface area contributed by atoms with Crippen molar-refractivity contribution in [2.45, 2.75) is 19.5 Å². The molecule has 0 amide bonds. The van der Waals surface area contributed by atoms with E-state index in [1.54, 1.807) is 0 Å². The number of hydrogen-bond acceptors (Lipinski definition) is 3. The molecule has 0 aromatic heterocycles. The fourth-order valence-electron chi connectivity index (χ4n) is 1.51. The van der Waals surface area contributed by atoms with E-state index in [1.807, 2.05) is 44.1 Å². The summed E-state index contributed by atoms with van der Waals surface area (Å²) in [6.07, 6.45) is 0. The fourth-order valence-corrected chi connectivity index (χ4v) is 1.85. The van der Waals surface area contributed by atoms with E-state index in [-0.39, 0.29) is 12.6 Å². The van der Waals surface area contributed by atoms with Gasteiger partial charge in [0.15, 0.2) is 0 Å². The number of halogens is 1. The highest BCUT2D eigenvalue weighted by atomic mass is 35.5. The number of benzene rings is 1. The van der Waals surface area contributed by atoms with Crippen LogP contribution in [0.15, 0.2) is 18.2 Å². The van der Waals surface area contributed by atoms with Crippen molar-refractivity contribution in [3.63, 3.8) is 0 Å². The van der Waals surface area contributed by atoms with Crippen molar-refractivity contribution in [3.8, 4) is 0 Å². The smallest absolute Gasteiger partial charge is 0.0642 e. The summed E-state index contributed by atoms with van der Waals surface area (Å²) in [6.45, 7) is 2.88. The minimum absolute atomic E-state index is 0.0626. The molecule has 0 heterocycles. The minimum atomic E-state index is 0.0626. The average Bonchev–Trinajstić information content (AvgIpc) is 2.28. The predicted octanol–water partition coefficient (Wildman–Crippen LogP) is 1.88. The van der Waals surface area contributed by atoms with Crippen LogP contribution in [0.1, 0.15) is 12.5 Å². The number of nitrogens with zero attached hydrogens (tertiary/aromatic N) is 1. The SMILES string of the molecule is CNCc1ccc(N(C)C(C)CO)c(Cl)c1. The Bertz CT molecular complexity index is 344. The number of aliphatic hydroxyl groups excluding tert-OH is 1. The Balaban J connectivity index is 2.89. The number of likely N-dealkylation sites (N-methyl/N-ethyl adjacent to an activating group) is 1. The molecule has 0 saturated carbocycles. The Kier molecular flexibility index (Phi) is 5.06. The number of hydrogen-bond donors (Lipinski definition) is 2. The second kappa shape index (κ2) is 6.09. The molecule has 16 heavy (non-hydrogen) atoms. The van der Waals surface area contributed by atoms with E-state index in [0.717, 1.165) is 22.8 Å². The first kappa shape index (κ1) is 13.3. The van der Waals surface area contributed by atoms with Crippen molar-refractivity contribution >= 4 is 17.3 Å². The van der Waals surface area contributed by atoms with Crippen molar-refractivity contribution in [2.24, 2.45) is 0 Å². The summed E-state index contributed by atoms with van der Waals surface area (Å²) in [6, 6.07) is 6.04. The maximum absolute atomic E-state index is 9.10. The molecule has 1 rings (SSSR count). The van der Waals surface area contributed by atoms with Crippen LogP contribution in [0.2, 0.25) is 5.02 Å². The van der Waals surface area contributed by atoms with E-state index < -0.39 is 0 Å². The normalized spacial score (nSPS) is 12.6. The third-order valence-electron chi connectivity index (χ3n) is 2.70. The predicted molar refractivity (Wildman–Crippen MR) is 69.2 cm³/mol. The van der Waals surface area contributed by atoms with Crippen LogP contribution in [0.5, 0.6) is 0 Å². The summed E-state index contributed by atoms with van der Waals surface area (Å²) in [4.78, 5) is 1.98. The first-order valence-electron chi connectivity index (χ1n) is 5.36. The van der Waals surface area contributed by atoms with E-state index in [4.69, 9.17) is 16.7 Å². The Morgan fingerprint density at radius 1 is 1.50 bits per heavy atom. The van der Waals surface area contributed by atoms with E-state index >= 15 is 0 Å². The molecule has 90 valence electrons. The van der Waals surface area contributed by atoms with Crippen molar-refractivity contribution in [1.82, 2.24) is 5.32 Å². The van der Waals surface area contributed by atoms with Crippen LogP contribution in [0.3, 0.4) is 0 Å². The molecule has 0 bridgehead atoms. The van der Waals surface area contributed by atoms with Gasteiger partial charge in [0.2, 0.25) is 0 Å². The highest BCUT2D eigenvalue weighted by molar-refractivity contribution is 6.33. The van der Waals surface area contributed by atoms with Gasteiger partial charge in [-0.05, 0) is 31.7 Å². The van der Waals surface area contributed by atoms with E-state index in [0.29, 0.717) is 0 Å². The van der Waals surface area contributed by atoms with Crippen molar-refractivity contribution < 1.29 is 5.11 Å². The summed E-state index contributed by atoms with van der Waals surface area (Å²) in [5.41, 5.74) is 2.10. The zero-order chi connectivity index (χ0) is 12.1. The largest absolute Gasteiger partial charge is 0.394 e.